The van der Waals surface area contributed by atoms with Crippen molar-refractivity contribution in [1.29, 1.82) is 0 Å². The molecule has 2 heterocycles. The fourth-order valence-electron chi connectivity index (χ4n) is 3.32. The van der Waals surface area contributed by atoms with Crippen molar-refractivity contribution in [3.05, 3.63) is 89.4 Å². The van der Waals surface area contributed by atoms with Crippen LogP contribution in [-0.4, -0.2) is 35.5 Å². The summed E-state index contributed by atoms with van der Waals surface area (Å²) in [7, 11) is 1.31. The first-order valence-corrected chi connectivity index (χ1v) is 10.6. The molecule has 8 heteroatoms. The van der Waals surface area contributed by atoms with Crippen molar-refractivity contribution in [3.63, 3.8) is 0 Å². The van der Waals surface area contributed by atoms with Crippen molar-refractivity contribution >= 4 is 35.2 Å². The number of furan rings is 1. The number of hydrogen-bond acceptors (Lipinski definition) is 6. The average Bonchev–Trinajstić information content (AvgIpc) is 3.44. The number of nitrogens with one attached hydrogen (secondary N) is 1. The fourth-order valence-corrected chi connectivity index (χ4v) is 4.50. The number of thioether (sulfide) groups is 1. The summed E-state index contributed by atoms with van der Waals surface area (Å²) in [5, 5.41) is 2.65. The van der Waals surface area contributed by atoms with Gasteiger partial charge in [-0.2, -0.15) is 0 Å². The van der Waals surface area contributed by atoms with Crippen LogP contribution in [0.2, 0.25) is 0 Å². The largest absolute Gasteiger partial charge is 0.467 e. The molecule has 1 N–H and O–H groups in total. The summed E-state index contributed by atoms with van der Waals surface area (Å²) in [6.45, 7) is 0.405. The molecule has 4 rings (SSSR count). The molecule has 1 aromatic heterocycles. The number of carbonyl (C=O) groups is 3. The van der Waals surface area contributed by atoms with Crippen LogP contribution in [0.15, 0.2) is 71.3 Å². The van der Waals surface area contributed by atoms with Crippen molar-refractivity contribution in [1.82, 2.24) is 4.90 Å². The lowest BCUT2D eigenvalue weighted by molar-refractivity contribution is -0.128. The Morgan fingerprint density at radius 3 is 2.65 bits per heavy atom. The summed E-state index contributed by atoms with van der Waals surface area (Å²) in [5.74, 6) is 0.425. The molecule has 1 unspecified atom stereocenters. The quantitative estimate of drug-likeness (QED) is 0.586. The maximum Gasteiger partial charge on any atom is 0.337 e. The number of ether oxygens (including phenoxy) is 1. The van der Waals surface area contributed by atoms with Crippen molar-refractivity contribution in [3.8, 4) is 0 Å². The molecule has 0 saturated carbocycles. The maximum absolute atomic E-state index is 12.6. The molecule has 1 fully saturated rings. The zero-order valence-corrected chi connectivity index (χ0v) is 17.6. The predicted octanol–water partition coefficient (Wildman–Crippen LogP) is 4.09. The van der Waals surface area contributed by atoms with Gasteiger partial charge in [0.2, 0.25) is 5.91 Å². The third-order valence-electron chi connectivity index (χ3n) is 4.87. The van der Waals surface area contributed by atoms with E-state index >= 15 is 0 Å². The molecule has 7 nitrogen and oxygen atoms in total. The van der Waals surface area contributed by atoms with Crippen molar-refractivity contribution in [2.75, 3.05) is 18.2 Å². The van der Waals surface area contributed by atoms with E-state index in [-0.39, 0.29) is 17.2 Å². The fraction of sp³-hybridized carbons (Fsp3) is 0.174. The molecule has 0 radical (unpaired) electrons. The number of benzene rings is 2. The van der Waals surface area contributed by atoms with Crippen molar-refractivity contribution in [2.24, 2.45) is 0 Å². The minimum absolute atomic E-state index is 0.0544. The summed E-state index contributed by atoms with van der Waals surface area (Å²) in [5.41, 5.74) is 2.26. The van der Waals surface area contributed by atoms with Crippen LogP contribution in [0.5, 0.6) is 0 Å². The lowest BCUT2D eigenvalue weighted by atomic mass is 10.1. The van der Waals surface area contributed by atoms with E-state index in [9.17, 15) is 14.4 Å². The van der Waals surface area contributed by atoms with E-state index in [2.05, 4.69) is 5.32 Å². The standard InChI is InChI=1S/C23H20N2O5S/c1-29-23(28)17-4-2-5-18(12-17)24-21(27)15-7-9-16(10-8-15)22-25(20(26)14-31-22)13-19-6-3-11-30-19/h2-12,22H,13-14H2,1H3,(H,24,27). The molecule has 0 spiro atoms. The molecule has 1 aliphatic rings. The van der Waals surface area contributed by atoms with Crippen molar-refractivity contribution in [2.45, 2.75) is 11.9 Å². The zero-order chi connectivity index (χ0) is 21.8. The van der Waals surface area contributed by atoms with Gasteiger partial charge in [0.25, 0.3) is 5.91 Å². The number of amides is 2. The minimum Gasteiger partial charge on any atom is -0.467 e. The summed E-state index contributed by atoms with van der Waals surface area (Å²) >= 11 is 1.55. The smallest absolute Gasteiger partial charge is 0.337 e. The monoisotopic (exact) mass is 436 g/mol. The topological polar surface area (TPSA) is 88.8 Å². The molecule has 1 aliphatic heterocycles. The lowest BCUT2D eigenvalue weighted by Gasteiger charge is -2.23. The molecular weight excluding hydrogens is 416 g/mol. The molecule has 1 saturated heterocycles. The van der Waals surface area contributed by atoms with Crippen LogP contribution in [0, 0.1) is 0 Å². The Morgan fingerprint density at radius 1 is 1.13 bits per heavy atom. The van der Waals surface area contributed by atoms with E-state index in [1.165, 1.54) is 7.11 Å². The molecule has 3 aromatic rings. The van der Waals surface area contributed by atoms with Gasteiger partial charge in [-0.3, -0.25) is 9.59 Å². The van der Waals surface area contributed by atoms with E-state index in [0.29, 0.717) is 29.1 Å². The molecule has 2 amide bonds. The second-order valence-corrected chi connectivity index (χ2v) is 7.98. The van der Waals surface area contributed by atoms with E-state index in [0.717, 1.165) is 11.3 Å². The third-order valence-corrected chi connectivity index (χ3v) is 6.13. The van der Waals surface area contributed by atoms with Gasteiger partial charge in [-0.05, 0) is 48.0 Å². The third kappa shape index (κ3) is 4.64. The molecule has 1 atom stereocenters. The Kier molecular flexibility index (Phi) is 6.08. The summed E-state index contributed by atoms with van der Waals surface area (Å²) in [6.07, 6.45) is 1.59. The maximum atomic E-state index is 12.6. The van der Waals surface area contributed by atoms with Crippen molar-refractivity contribution < 1.29 is 23.5 Å². The Labute approximate surface area is 183 Å². The number of hydrogen-bond donors (Lipinski definition) is 1. The Balaban J connectivity index is 1.46. The number of anilines is 1. The van der Waals surface area contributed by atoms with E-state index < -0.39 is 5.97 Å². The number of methoxy groups -OCH3 is 1. The molecular formula is C23H20N2O5S. The van der Waals surface area contributed by atoms with Gasteiger partial charge in [0.1, 0.15) is 11.1 Å². The van der Waals surface area contributed by atoms with Crippen LogP contribution in [0.3, 0.4) is 0 Å². The second-order valence-electron chi connectivity index (χ2n) is 6.91. The lowest BCUT2D eigenvalue weighted by Crippen LogP contribution is -2.27. The van der Waals surface area contributed by atoms with Crippen LogP contribution in [0.25, 0.3) is 0 Å². The first kappa shape index (κ1) is 20.7. The van der Waals surface area contributed by atoms with Crippen LogP contribution in [-0.2, 0) is 16.1 Å². The SMILES string of the molecule is COC(=O)c1cccc(NC(=O)c2ccc(C3SCC(=O)N3Cc3ccco3)cc2)c1. The molecule has 158 valence electrons. The highest BCUT2D eigenvalue weighted by Crippen LogP contribution is 2.39. The number of rotatable bonds is 6. The molecule has 2 aromatic carbocycles. The van der Waals surface area contributed by atoms with Gasteiger partial charge in [-0.1, -0.05) is 18.2 Å². The van der Waals surface area contributed by atoms with Gasteiger partial charge in [-0.25, -0.2) is 4.79 Å². The number of nitrogens with zero attached hydrogens (tertiary/aromatic N) is 1. The highest BCUT2D eigenvalue weighted by molar-refractivity contribution is 8.00. The van der Waals surface area contributed by atoms with Gasteiger partial charge in [0.15, 0.2) is 0 Å². The molecule has 0 aliphatic carbocycles. The van der Waals surface area contributed by atoms with Gasteiger partial charge >= 0.3 is 5.97 Å². The predicted molar refractivity (Wildman–Crippen MR) is 117 cm³/mol. The van der Waals surface area contributed by atoms with Crippen LogP contribution >= 0.6 is 11.8 Å². The van der Waals surface area contributed by atoms with Gasteiger partial charge < -0.3 is 19.4 Å². The molecule has 0 bridgehead atoms. The summed E-state index contributed by atoms with van der Waals surface area (Å²) < 4.78 is 10.1. The average molecular weight is 436 g/mol. The van der Waals surface area contributed by atoms with Crippen LogP contribution in [0.4, 0.5) is 5.69 Å². The Bertz CT molecular complexity index is 1100. The zero-order valence-electron chi connectivity index (χ0n) is 16.7. The van der Waals surface area contributed by atoms with E-state index in [1.807, 2.05) is 18.2 Å². The Morgan fingerprint density at radius 2 is 1.94 bits per heavy atom. The van der Waals surface area contributed by atoms with E-state index in [4.69, 9.17) is 9.15 Å². The van der Waals surface area contributed by atoms with Crippen LogP contribution < -0.4 is 5.32 Å². The summed E-state index contributed by atoms with van der Waals surface area (Å²) in [4.78, 5) is 38.4. The highest BCUT2D eigenvalue weighted by atomic mass is 32.2. The highest BCUT2D eigenvalue weighted by Gasteiger charge is 2.33. The van der Waals surface area contributed by atoms with Gasteiger partial charge in [0.05, 0.1) is 31.2 Å². The minimum atomic E-state index is -0.469. The first-order valence-electron chi connectivity index (χ1n) is 9.58. The molecule has 31 heavy (non-hydrogen) atoms. The number of esters is 1. The number of carbonyl (C=O) groups excluding carboxylic acids is 3. The first-order chi connectivity index (χ1) is 15.0. The Hall–Kier alpha value is -3.52. The van der Waals surface area contributed by atoms with E-state index in [1.54, 1.807) is 65.4 Å². The van der Waals surface area contributed by atoms with Gasteiger partial charge in [0, 0.05) is 11.3 Å². The van der Waals surface area contributed by atoms with Gasteiger partial charge in [-0.15, -0.1) is 11.8 Å². The summed E-state index contributed by atoms with van der Waals surface area (Å²) in [6, 6.07) is 17.3. The normalized spacial score (nSPS) is 15.7. The second kappa shape index (κ2) is 9.09. The van der Waals surface area contributed by atoms with Crippen LogP contribution in [0.1, 0.15) is 37.4 Å².